The van der Waals surface area contributed by atoms with Crippen LogP contribution in [0, 0.1) is 0 Å². The van der Waals surface area contributed by atoms with Gasteiger partial charge in [0.25, 0.3) is 0 Å². The van der Waals surface area contributed by atoms with Crippen molar-refractivity contribution < 1.29 is 5.11 Å². The van der Waals surface area contributed by atoms with Gasteiger partial charge < -0.3 is 5.11 Å². The molecule has 0 spiro atoms. The molecule has 0 aliphatic heterocycles. The molecule has 0 amide bonds. The second-order valence-corrected chi connectivity index (χ2v) is 2.33. The van der Waals surface area contributed by atoms with E-state index in [0.717, 1.165) is 0 Å². The Bertz CT molecular complexity index is 370. The van der Waals surface area contributed by atoms with Gasteiger partial charge in [0, 0.05) is 0 Å². The number of phenolic OH excluding ortho intramolecular Hbond substituents is 1. The fraction of sp³-hybridized carbons (Fsp3) is 0. The zero-order chi connectivity index (χ0) is 8.39. The third-order valence-electron chi connectivity index (χ3n) is 1.55. The first kappa shape index (κ1) is 6.84. The highest BCUT2D eigenvalue weighted by Crippen LogP contribution is 2.18. The first-order valence-electron chi connectivity index (χ1n) is 3.51. The van der Waals surface area contributed by atoms with Gasteiger partial charge in [-0.25, -0.2) is 9.67 Å². The summed E-state index contributed by atoms with van der Waals surface area (Å²) in [6, 6.07) is 6.97. The largest absolute Gasteiger partial charge is 0.506 e. The normalized spacial score (nSPS) is 10.0. The van der Waals surface area contributed by atoms with E-state index in [2.05, 4.69) is 10.1 Å². The van der Waals surface area contributed by atoms with Crippen LogP contribution in [0.25, 0.3) is 5.69 Å². The van der Waals surface area contributed by atoms with Crippen LogP contribution >= 0.6 is 0 Å². The summed E-state index contributed by atoms with van der Waals surface area (Å²) in [6.45, 7) is 0. The molecule has 4 heteroatoms. The molecule has 0 bridgehead atoms. The van der Waals surface area contributed by atoms with Gasteiger partial charge in [-0.1, -0.05) is 12.1 Å². The van der Waals surface area contributed by atoms with Crippen molar-refractivity contribution >= 4 is 0 Å². The van der Waals surface area contributed by atoms with Crippen molar-refractivity contribution in [2.24, 2.45) is 0 Å². The van der Waals surface area contributed by atoms with E-state index in [1.54, 1.807) is 18.2 Å². The molecule has 0 aliphatic carbocycles. The first-order valence-corrected chi connectivity index (χ1v) is 3.51. The van der Waals surface area contributed by atoms with Crippen LogP contribution in [0.3, 0.4) is 0 Å². The Balaban J connectivity index is 2.55. The first-order chi connectivity index (χ1) is 5.88. The SMILES string of the molecule is Oc1ccccc1-n1cncn1. The van der Waals surface area contributed by atoms with E-state index in [-0.39, 0.29) is 5.75 Å². The lowest BCUT2D eigenvalue weighted by Gasteiger charge is -2.01. The quantitative estimate of drug-likeness (QED) is 0.678. The summed E-state index contributed by atoms with van der Waals surface area (Å²) in [5.74, 6) is 0.197. The highest BCUT2D eigenvalue weighted by Gasteiger charge is 2.00. The fourth-order valence-corrected chi connectivity index (χ4v) is 0.991. The van der Waals surface area contributed by atoms with Crippen molar-refractivity contribution in [2.45, 2.75) is 0 Å². The molecule has 0 aliphatic rings. The van der Waals surface area contributed by atoms with Gasteiger partial charge in [-0.15, -0.1) is 0 Å². The van der Waals surface area contributed by atoms with E-state index < -0.39 is 0 Å². The molecule has 2 rings (SSSR count). The molecule has 12 heavy (non-hydrogen) atoms. The Hall–Kier alpha value is -1.84. The lowest BCUT2D eigenvalue weighted by molar-refractivity contribution is 0.470. The fourth-order valence-electron chi connectivity index (χ4n) is 0.991. The second kappa shape index (κ2) is 2.65. The van der Waals surface area contributed by atoms with Gasteiger partial charge in [0.2, 0.25) is 0 Å². The number of hydrogen-bond acceptors (Lipinski definition) is 3. The molecule has 0 radical (unpaired) electrons. The molecule has 60 valence electrons. The summed E-state index contributed by atoms with van der Waals surface area (Å²) in [5.41, 5.74) is 0.634. The van der Waals surface area contributed by atoms with E-state index in [9.17, 15) is 5.11 Å². The van der Waals surface area contributed by atoms with Crippen LogP contribution < -0.4 is 0 Å². The van der Waals surface area contributed by atoms with E-state index in [1.165, 1.54) is 17.3 Å². The minimum atomic E-state index is 0.197. The van der Waals surface area contributed by atoms with E-state index >= 15 is 0 Å². The molecular weight excluding hydrogens is 154 g/mol. The molecule has 1 aromatic heterocycles. The molecular formula is C8H7N3O. The maximum atomic E-state index is 9.39. The zero-order valence-electron chi connectivity index (χ0n) is 6.25. The van der Waals surface area contributed by atoms with Crippen LogP contribution in [-0.2, 0) is 0 Å². The van der Waals surface area contributed by atoms with E-state index in [4.69, 9.17) is 0 Å². The van der Waals surface area contributed by atoms with Crippen molar-refractivity contribution in [1.82, 2.24) is 14.8 Å². The molecule has 1 N–H and O–H groups in total. The maximum Gasteiger partial charge on any atom is 0.141 e. The summed E-state index contributed by atoms with van der Waals surface area (Å²) in [6.07, 6.45) is 2.96. The van der Waals surface area contributed by atoms with Crippen LogP contribution in [0.2, 0.25) is 0 Å². The molecule has 0 fully saturated rings. The Kier molecular flexibility index (Phi) is 1.51. The number of nitrogens with zero attached hydrogens (tertiary/aromatic N) is 3. The van der Waals surface area contributed by atoms with Gasteiger partial charge in [-0.05, 0) is 12.1 Å². The standard InChI is InChI=1S/C8H7N3O/c12-8-4-2-1-3-7(8)11-6-9-5-10-11/h1-6,12H. The minimum Gasteiger partial charge on any atom is -0.506 e. The van der Waals surface area contributed by atoms with Crippen LogP contribution in [0.5, 0.6) is 5.75 Å². The molecule has 0 saturated carbocycles. The Labute approximate surface area is 69.1 Å². The second-order valence-electron chi connectivity index (χ2n) is 2.33. The van der Waals surface area contributed by atoms with Crippen molar-refractivity contribution in [3.8, 4) is 11.4 Å². The summed E-state index contributed by atoms with van der Waals surface area (Å²) < 4.78 is 1.51. The molecule has 0 unspecified atom stereocenters. The predicted octanol–water partition coefficient (Wildman–Crippen LogP) is 0.973. The van der Waals surface area contributed by atoms with Crippen molar-refractivity contribution in [2.75, 3.05) is 0 Å². The summed E-state index contributed by atoms with van der Waals surface area (Å²) in [7, 11) is 0. The van der Waals surface area contributed by atoms with Gasteiger partial charge in [0.05, 0.1) is 0 Å². The minimum absolute atomic E-state index is 0.197. The number of hydrogen-bond donors (Lipinski definition) is 1. The average Bonchev–Trinajstić information content (AvgIpc) is 2.57. The highest BCUT2D eigenvalue weighted by molar-refractivity contribution is 5.44. The summed E-state index contributed by atoms with van der Waals surface area (Å²) in [4.78, 5) is 3.78. The number of benzene rings is 1. The molecule has 2 aromatic rings. The monoisotopic (exact) mass is 161 g/mol. The van der Waals surface area contributed by atoms with Crippen LogP contribution in [0.4, 0.5) is 0 Å². The van der Waals surface area contributed by atoms with Crippen LogP contribution in [-0.4, -0.2) is 19.9 Å². The maximum absolute atomic E-state index is 9.39. The summed E-state index contributed by atoms with van der Waals surface area (Å²) in [5, 5.41) is 13.3. The van der Waals surface area contributed by atoms with Gasteiger partial charge in [0.15, 0.2) is 0 Å². The van der Waals surface area contributed by atoms with Crippen LogP contribution in [0.15, 0.2) is 36.9 Å². The number of aromatic hydroxyl groups is 1. The average molecular weight is 161 g/mol. The van der Waals surface area contributed by atoms with Crippen molar-refractivity contribution in [3.63, 3.8) is 0 Å². The van der Waals surface area contributed by atoms with Crippen LogP contribution in [0.1, 0.15) is 0 Å². The molecule has 0 saturated heterocycles. The molecule has 4 nitrogen and oxygen atoms in total. The van der Waals surface area contributed by atoms with Gasteiger partial charge >= 0.3 is 0 Å². The lowest BCUT2D eigenvalue weighted by Crippen LogP contribution is -1.93. The molecule has 1 aromatic carbocycles. The van der Waals surface area contributed by atoms with Crippen molar-refractivity contribution in [1.29, 1.82) is 0 Å². The van der Waals surface area contributed by atoms with Gasteiger partial charge in [0.1, 0.15) is 24.1 Å². The van der Waals surface area contributed by atoms with Gasteiger partial charge in [-0.3, -0.25) is 0 Å². The molecule has 1 heterocycles. The number of para-hydroxylation sites is 2. The lowest BCUT2D eigenvalue weighted by atomic mass is 10.3. The van der Waals surface area contributed by atoms with Crippen molar-refractivity contribution in [3.05, 3.63) is 36.9 Å². The predicted molar refractivity (Wildman–Crippen MR) is 43.0 cm³/mol. The van der Waals surface area contributed by atoms with E-state index in [0.29, 0.717) is 5.69 Å². The highest BCUT2D eigenvalue weighted by atomic mass is 16.3. The Morgan fingerprint density at radius 1 is 1.25 bits per heavy atom. The third-order valence-corrected chi connectivity index (χ3v) is 1.55. The Morgan fingerprint density at radius 3 is 2.75 bits per heavy atom. The number of phenols is 1. The molecule has 0 atom stereocenters. The van der Waals surface area contributed by atoms with Gasteiger partial charge in [-0.2, -0.15) is 5.10 Å². The number of aromatic nitrogens is 3. The Morgan fingerprint density at radius 2 is 2.08 bits per heavy atom. The number of rotatable bonds is 1. The van der Waals surface area contributed by atoms with E-state index in [1.807, 2.05) is 6.07 Å². The third kappa shape index (κ3) is 1.03. The zero-order valence-corrected chi connectivity index (χ0v) is 6.25. The summed E-state index contributed by atoms with van der Waals surface area (Å²) >= 11 is 0. The topological polar surface area (TPSA) is 50.9 Å². The smallest absolute Gasteiger partial charge is 0.141 e.